The van der Waals surface area contributed by atoms with E-state index in [2.05, 4.69) is 10.2 Å². The number of esters is 1. The lowest BCUT2D eigenvalue weighted by molar-refractivity contribution is -0.182. The topological polar surface area (TPSA) is 60.0 Å². The van der Waals surface area contributed by atoms with E-state index in [0.29, 0.717) is 19.8 Å². The summed E-state index contributed by atoms with van der Waals surface area (Å²) in [6, 6.07) is 0. The summed E-state index contributed by atoms with van der Waals surface area (Å²) in [6.07, 6.45) is 0. The molecule has 18 heavy (non-hydrogen) atoms. The summed E-state index contributed by atoms with van der Waals surface area (Å²) in [5.74, 6) is -0.173. The van der Waals surface area contributed by atoms with Crippen LogP contribution in [0.5, 0.6) is 0 Å². The average Bonchev–Trinajstić information content (AvgIpc) is 2.37. The van der Waals surface area contributed by atoms with Crippen molar-refractivity contribution in [2.75, 3.05) is 66.3 Å². The molecule has 2 aliphatic heterocycles. The summed E-state index contributed by atoms with van der Waals surface area (Å²) in [5.41, 5.74) is -0.459. The summed E-state index contributed by atoms with van der Waals surface area (Å²) < 4.78 is 15.3. The molecule has 0 bridgehead atoms. The van der Waals surface area contributed by atoms with Crippen LogP contribution < -0.4 is 5.32 Å². The van der Waals surface area contributed by atoms with Gasteiger partial charge in [0.15, 0.2) is 0 Å². The van der Waals surface area contributed by atoms with Crippen LogP contribution in [0.1, 0.15) is 0 Å². The number of nitrogens with one attached hydrogen (secondary N) is 1. The summed E-state index contributed by atoms with van der Waals surface area (Å²) in [4.78, 5) is 14.0. The van der Waals surface area contributed by atoms with Crippen molar-refractivity contribution in [1.82, 2.24) is 10.2 Å². The molecule has 0 radical (unpaired) electrons. The van der Waals surface area contributed by atoms with Gasteiger partial charge in [-0.1, -0.05) is 0 Å². The predicted octanol–water partition coefficient (Wildman–Crippen LogP) is -0.902. The molecule has 0 atom stereocenters. The largest absolute Gasteiger partial charge is 0.468 e. The van der Waals surface area contributed by atoms with Gasteiger partial charge in [-0.25, -0.2) is 0 Å². The minimum absolute atomic E-state index is 0.173. The molecule has 0 aromatic heterocycles. The first-order chi connectivity index (χ1) is 8.77. The second kappa shape index (κ2) is 6.47. The van der Waals surface area contributed by atoms with Crippen LogP contribution in [-0.4, -0.2) is 77.1 Å². The Morgan fingerprint density at radius 3 is 2.61 bits per heavy atom. The lowest BCUT2D eigenvalue weighted by Crippen LogP contribution is -2.56. The first-order valence-electron chi connectivity index (χ1n) is 6.44. The van der Waals surface area contributed by atoms with E-state index in [1.807, 2.05) is 0 Å². The van der Waals surface area contributed by atoms with Crippen molar-refractivity contribution in [3.05, 3.63) is 0 Å². The number of nitrogens with zero attached hydrogens (tertiary/aromatic N) is 1. The average molecular weight is 258 g/mol. The zero-order valence-electron chi connectivity index (χ0n) is 10.9. The fourth-order valence-corrected chi connectivity index (χ4v) is 2.25. The second-order valence-electron chi connectivity index (χ2n) is 4.90. The zero-order valence-corrected chi connectivity index (χ0v) is 10.9. The van der Waals surface area contributed by atoms with E-state index in [1.54, 1.807) is 0 Å². The number of carbonyl (C=O) groups excluding carboxylic acids is 1. The van der Waals surface area contributed by atoms with E-state index in [9.17, 15) is 4.79 Å². The van der Waals surface area contributed by atoms with Crippen molar-refractivity contribution < 1.29 is 19.0 Å². The third-order valence-electron chi connectivity index (χ3n) is 3.55. The lowest BCUT2D eigenvalue weighted by Gasteiger charge is -2.38. The molecule has 0 saturated carbocycles. The fourth-order valence-electron chi connectivity index (χ4n) is 2.25. The number of hydrogen-bond donors (Lipinski definition) is 1. The van der Waals surface area contributed by atoms with Gasteiger partial charge in [-0.3, -0.25) is 9.69 Å². The van der Waals surface area contributed by atoms with Gasteiger partial charge >= 0.3 is 5.97 Å². The molecule has 2 saturated heterocycles. The Morgan fingerprint density at radius 2 is 2.06 bits per heavy atom. The minimum atomic E-state index is -0.459. The molecule has 0 spiro atoms. The number of carbonyl (C=O) groups is 1. The normalized spacial score (nSPS) is 23.4. The Labute approximate surface area is 108 Å². The summed E-state index contributed by atoms with van der Waals surface area (Å²) >= 11 is 0. The number of methoxy groups -OCH3 is 1. The van der Waals surface area contributed by atoms with Crippen LogP contribution in [0.15, 0.2) is 0 Å². The second-order valence-corrected chi connectivity index (χ2v) is 4.90. The third kappa shape index (κ3) is 3.20. The molecule has 1 N–H and O–H groups in total. The number of ether oxygens (including phenoxy) is 3. The molecule has 2 aliphatic rings. The molecule has 104 valence electrons. The van der Waals surface area contributed by atoms with Gasteiger partial charge in [0.1, 0.15) is 5.41 Å². The molecule has 2 heterocycles. The van der Waals surface area contributed by atoms with Crippen LogP contribution in [-0.2, 0) is 19.0 Å². The number of morpholine rings is 1. The van der Waals surface area contributed by atoms with E-state index in [4.69, 9.17) is 14.2 Å². The summed E-state index contributed by atoms with van der Waals surface area (Å²) in [5, 5.41) is 3.33. The number of rotatable bonds is 6. The van der Waals surface area contributed by atoms with Gasteiger partial charge in [0, 0.05) is 32.7 Å². The van der Waals surface area contributed by atoms with Crippen molar-refractivity contribution in [3.63, 3.8) is 0 Å². The van der Waals surface area contributed by atoms with Crippen LogP contribution in [0.25, 0.3) is 0 Å². The van der Waals surface area contributed by atoms with Crippen molar-refractivity contribution in [3.8, 4) is 0 Å². The van der Waals surface area contributed by atoms with Crippen LogP contribution in [0.4, 0.5) is 0 Å². The van der Waals surface area contributed by atoms with Gasteiger partial charge in [-0.15, -0.1) is 0 Å². The van der Waals surface area contributed by atoms with E-state index in [0.717, 1.165) is 39.4 Å². The maximum Gasteiger partial charge on any atom is 0.317 e. The van der Waals surface area contributed by atoms with Gasteiger partial charge in [0.25, 0.3) is 0 Å². The van der Waals surface area contributed by atoms with Crippen LogP contribution >= 0.6 is 0 Å². The minimum Gasteiger partial charge on any atom is -0.468 e. The van der Waals surface area contributed by atoms with E-state index < -0.39 is 5.41 Å². The first kappa shape index (κ1) is 13.7. The molecule has 0 unspecified atom stereocenters. The Bertz CT molecular complexity index is 275. The molecule has 0 aliphatic carbocycles. The van der Waals surface area contributed by atoms with Gasteiger partial charge in [-0.05, 0) is 0 Å². The molecule has 0 amide bonds. The Hall–Kier alpha value is -0.690. The van der Waals surface area contributed by atoms with E-state index >= 15 is 0 Å². The highest BCUT2D eigenvalue weighted by Crippen LogP contribution is 2.27. The van der Waals surface area contributed by atoms with Crippen molar-refractivity contribution in [2.45, 2.75) is 0 Å². The van der Waals surface area contributed by atoms with Crippen LogP contribution in [0, 0.1) is 5.41 Å². The molecule has 0 aromatic carbocycles. The zero-order chi connectivity index (χ0) is 12.8. The summed E-state index contributed by atoms with van der Waals surface area (Å²) in [7, 11) is 1.43. The summed E-state index contributed by atoms with van der Waals surface area (Å²) in [6.45, 7) is 7.04. The Balaban J connectivity index is 1.63. The first-order valence-corrected chi connectivity index (χ1v) is 6.44. The van der Waals surface area contributed by atoms with Crippen molar-refractivity contribution in [1.29, 1.82) is 0 Å². The quantitative estimate of drug-likeness (QED) is 0.492. The Morgan fingerprint density at radius 1 is 1.33 bits per heavy atom. The SMILES string of the molecule is COC(=O)C1(CNCCN2CCOCC2)COC1. The van der Waals surface area contributed by atoms with Crippen molar-refractivity contribution in [2.24, 2.45) is 5.41 Å². The molecule has 6 nitrogen and oxygen atoms in total. The van der Waals surface area contributed by atoms with Crippen molar-refractivity contribution >= 4 is 5.97 Å². The third-order valence-corrected chi connectivity index (χ3v) is 3.55. The van der Waals surface area contributed by atoms with Gasteiger partial charge in [-0.2, -0.15) is 0 Å². The lowest BCUT2D eigenvalue weighted by atomic mass is 9.86. The predicted molar refractivity (Wildman–Crippen MR) is 65.4 cm³/mol. The molecular formula is C12H22N2O4. The highest BCUT2D eigenvalue weighted by Gasteiger charge is 2.46. The monoisotopic (exact) mass is 258 g/mol. The smallest absolute Gasteiger partial charge is 0.317 e. The van der Waals surface area contributed by atoms with Crippen LogP contribution in [0.3, 0.4) is 0 Å². The van der Waals surface area contributed by atoms with Crippen LogP contribution in [0.2, 0.25) is 0 Å². The molecule has 2 fully saturated rings. The Kier molecular flexibility index (Phi) is 4.94. The highest BCUT2D eigenvalue weighted by atomic mass is 16.5. The highest BCUT2D eigenvalue weighted by molar-refractivity contribution is 5.78. The maximum absolute atomic E-state index is 11.6. The molecule has 2 rings (SSSR count). The maximum atomic E-state index is 11.6. The van der Waals surface area contributed by atoms with E-state index in [-0.39, 0.29) is 5.97 Å². The fraction of sp³-hybridized carbons (Fsp3) is 0.917. The van der Waals surface area contributed by atoms with Gasteiger partial charge in [0.2, 0.25) is 0 Å². The molecular weight excluding hydrogens is 236 g/mol. The van der Waals surface area contributed by atoms with Gasteiger partial charge < -0.3 is 19.5 Å². The van der Waals surface area contributed by atoms with Gasteiger partial charge in [0.05, 0.1) is 33.5 Å². The molecule has 6 heteroatoms. The molecule has 0 aromatic rings. The number of hydrogen-bond acceptors (Lipinski definition) is 6. The van der Waals surface area contributed by atoms with E-state index in [1.165, 1.54) is 7.11 Å². The standard InChI is InChI=1S/C12H22N2O4/c1-16-11(15)12(9-18-10-12)8-13-2-3-14-4-6-17-7-5-14/h13H,2-10H2,1H3.